The van der Waals surface area contributed by atoms with Gasteiger partial charge >= 0.3 is 0 Å². The molecule has 6 nitrogen and oxygen atoms in total. The van der Waals surface area contributed by atoms with Crippen LogP contribution < -0.4 is 5.73 Å². The van der Waals surface area contributed by atoms with E-state index < -0.39 is 22.0 Å². The average Bonchev–Trinajstić information content (AvgIpc) is 1.88. The molecule has 0 saturated carbocycles. The zero-order chi connectivity index (χ0) is 10.2. The van der Waals surface area contributed by atoms with Gasteiger partial charge in [0, 0.05) is 6.61 Å². The van der Waals surface area contributed by atoms with E-state index >= 15 is 0 Å². The molecule has 5 N–H and O–H groups in total. The van der Waals surface area contributed by atoms with Gasteiger partial charge in [0.1, 0.15) is 5.75 Å². The average molecular weight is 201 g/mol. The van der Waals surface area contributed by atoms with E-state index in [-0.39, 0.29) is 13.0 Å². The van der Waals surface area contributed by atoms with Crippen LogP contribution in [0.5, 0.6) is 0 Å². The first kappa shape index (κ1) is 14.3. The van der Waals surface area contributed by atoms with Crippen LogP contribution >= 0.6 is 0 Å². The lowest BCUT2D eigenvalue weighted by Crippen LogP contribution is -2.21. The number of aliphatic hydroxyl groups excluding tert-OH is 2. The Kier molecular flexibility index (Phi) is 8.88. The Morgan fingerprint density at radius 2 is 1.83 bits per heavy atom. The standard InChI is InChI=1S/C4H10O5S.CH5N/c5-2-1-4(6)3-10(7,8)9;1-2/h4-6H,1-3H2,(H,7,8,9);2H2,1H3. The molecule has 7 heteroatoms. The van der Waals surface area contributed by atoms with Crippen LogP contribution in [0.15, 0.2) is 0 Å². The van der Waals surface area contributed by atoms with Gasteiger partial charge in [0.05, 0.1) is 6.10 Å². The van der Waals surface area contributed by atoms with Crippen molar-refractivity contribution < 1.29 is 23.2 Å². The normalized spacial score (nSPS) is 13.1. The van der Waals surface area contributed by atoms with Crippen molar-refractivity contribution in [2.45, 2.75) is 12.5 Å². The summed E-state index contributed by atoms with van der Waals surface area (Å²) in [5.74, 6) is -0.715. The van der Waals surface area contributed by atoms with Crippen LogP contribution in [0.25, 0.3) is 0 Å². The molecule has 12 heavy (non-hydrogen) atoms. The fourth-order valence-electron chi connectivity index (χ4n) is 0.475. The molecule has 0 aromatic heterocycles. The number of hydrogen-bond donors (Lipinski definition) is 4. The molecule has 0 spiro atoms. The Hall–Kier alpha value is -0.210. The molecule has 0 rings (SSSR count). The van der Waals surface area contributed by atoms with E-state index in [0.717, 1.165) is 0 Å². The minimum absolute atomic E-state index is 0.0419. The maximum Gasteiger partial charge on any atom is 0.267 e. The van der Waals surface area contributed by atoms with Gasteiger partial charge in [-0.05, 0) is 13.5 Å². The van der Waals surface area contributed by atoms with Gasteiger partial charge in [-0.15, -0.1) is 0 Å². The van der Waals surface area contributed by atoms with E-state index in [4.69, 9.17) is 14.8 Å². The molecular formula is C5H15NO5S. The van der Waals surface area contributed by atoms with Gasteiger partial charge < -0.3 is 15.9 Å². The predicted octanol–water partition coefficient (Wildman–Crippen LogP) is -1.81. The van der Waals surface area contributed by atoms with Crippen LogP contribution in [0, 0.1) is 0 Å². The first-order chi connectivity index (χ1) is 5.45. The molecule has 0 aromatic carbocycles. The monoisotopic (exact) mass is 201 g/mol. The molecule has 0 aromatic rings. The molecule has 0 radical (unpaired) electrons. The van der Waals surface area contributed by atoms with Crippen molar-refractivity contribution in [1.29, 1.82) is 0 Å². The summed E-state index contributed by atoms with van der Waals surface area (Å²) in [4.78, 5) is 0. The Morgan fingerprint density at radius 1 is 1.42 bits per heavy atom. The van der Waals surface area contributed by atoms with Crippen molar-refractivity contribution in [2.75, 3.05) is 19.4 Å². The van der Waals surface area contributed by atoms with Gasteiger partial charge in [0.2, 0.25) is 0 Å². The van der Waals surface area contributed by atoms with E-state index in [2.05, 4.69) is 5.73 Å². The van der Waals surface area contributed by atoms with Gasteiger partial charge in [-0.3, -0.25) is 4.55 Å². The van der Waals surface area contributed by atoms with Crippen molar-refractivity contribution in [3.63, 3.8) is 0 Å². The van der Waals surface area contributed by atoms with Gasteiger partial charge in [-0.25, -0.2) is 0 Å². The fourth-order valence-corrected chi connectivity index (χ4v) is 1.13. The highest BCUT2D eigenvalue weighted by atomic mass is 32.2. The fraction of sp³-hybridized carbons (Fsp3) is 1.00. The predicted molar refractivity (Wildman–Crippen MR) is 44.2 cm³/mol. The Bertz CT molecular complexity index is 178. The molecular weight excluding hydrogens is 186 g/mol. The lowest BCUT2D eigenvalue weighted by Gasteiger charge is -2.04. The summed E-state index contributed by atoms with van der Waals surface area (Å²) in [5.41, 5.74) is 4.50. The molecule has 0 saturated heterocycles. The van der Waals surface area contributed by atoms with Crippen LogP contribution in [0.2, 0.25) is 0 Å². The maximum absolute atomic E-state index is 10.0. The summed E-state index contributed by atoms with van der Waals surface area (Å²) in [6, 6.07) is 0. The first-order valence-electron chi connectivity index (χ1n) is 3.27. The number of hydrogen-bond acceptors (Lipinski definition) is 5. The summed E-state index contributed by atoms with van der Waals surface area (Å²) in [6.45, 7) is -0.295. The van der Waals surface area contributed by atoms with Crippen molar-refractivity contribution in [2.24, 2.45) is 5.73 Å². The van der Waals surface area contributed by atoms with E-state index in [1.54, 1.807) is 0 Å². The lowest BCUT2D eigenvalue weighted by atomic mass is 10.3. The number of rotatable bonds is 4. The molecule has 0 amide bonds. The lowest BCUT2D eigenvalue weighted by molar-refractivity contribution is 0.149. The Balaban J connectivity index is 0. The van der Waals surface area contributed by atoms with Gasteiger partial charge in [0.25, 0.3) is 10.1 Å². The highest BCUT2D eigenvalue weighted by molar-refractivity contribution is 7.85. The van der Waals surface area contributed by atoms with Crippen molar-refractivity contribution in [3.05, 3.63) is 0 Å². The van der Waals surface area contributed by atoms with E-state index in [0.29, 0.717) is 0 Å². The van der Waals surface area contributed by atoms with Gasteiger partial charge in [-0.1, -0.05) is 0 Å². The zero-order valence-corrected chi connectivity index (χ0v) is 7.66. The van der Waals surface area contributed by atoms with E-state index in [9.17, 15) is 8.42 Å². The summed E-state index contributed by atoms with van der Waals surface area (Å²) >= 11 is 0. The summed E-state index contributed by atoms with van der Waals surface area (Å²) in [5, 5.41) is 16.9. The molecule has 0 bridgehead atoms. The van der Waals surface area contributed by atoms with Gasteiger partial charge in [-0.2, -0.15) is 8.42 Å². The van der Waals surface area contributed by atoms with Crippen LogP contribution in [-0.2, 0) is 10.1 Å². The van der Waals surface area contributed by atoms with Crippen molar-refractivity contribution >= 4 is 10.1 Å². The van der Waals surface area contributed by atoms with Crippen LogP contribution in [0.3, 0.4) is 0 Å². The minimum Gasteiger partial charge on any atom is -0.396 e. The summed E-state index contributed by atoms with van der Waals surface area (Å²) in [6.07, 6.45) is -1.22. The largest absolute Gasteiger partial charge is 0.396 e. The molecule has 76 valence electrons. The van der Waals surface area contributed by atoms with Crippen LogP contribution in [-0.4, -0.2) is 48.7 Å². The highest BCUT2D eigenvalue weighted by Crippen LogP contribution is 1.94. The molecule has 0 fully saturated rings. The molecule has 1 atom stereocenters. The van der Waals surface area contributed by atoms with E-state index in [1.165, 1.54) is 7.05 Å². The minimum atomic E-state index is -4.11. The van der Waals surface area contributed by atoms with Crippen LogP contribution in [0.4, 0.5) is 0 Å². The molecule has 0 aliphatic rings. The summed E-state index contributed by atoms with van der Waals surface area (Å²) in [7, 11) is -2.61. The third-order valence-electron chi connectivity index (χ3n) is 0.865. The second kappa shape index (κ2) is 7.44. The second-order valence-corrected chi connectivity index (χ2v) is 3.41. The van der Waals surface area contributed by atoms with Crippen molar-refractivity contribution in [1.82, 2.24) is 0 Å². The second-order valence-electron chi connectivity index (χ2n) is 1.91. The highest BCUT2D eigenvalue weighted by Gasteiger charge is 2.12. The molecule has 1 unspecified atom stereocenters. The van der Waals surface area contributed by atoms with Gasteiger partial charge in [0.15, 0.2) is 0 Å². The van der Waals surface area contributed by atoms with Crippen LogP contribution in [0.1, 0.15) is 6.42 Å². The summed E-state index contributed by atoms with van der Waals surface area (Å²) < 4.78 is 28.2. The van der Waals surface area contributed by atoms with E-state index in [1.807, 2.05) is 0 Å². The molecule has 0 heterocycles. The first-order valence-corrected chi connectivity index (χ1v) is 4.88. The third kappa shape index (κ3) is 12.5. The maximum atomic E-state index is 10.0. The Labute approximate surface area is 71.8 Å². The Morgan fingerprint density at radius 3 is 2.08 bits per heavy atom. The topological polar surface area (TPSA) is 121 Å². The molecule has 0 aliphatic heterocycles. The smallest absolute Gasteiger partial charge is 0.267 e. The number of aliphatic hydroxyl groups is 2. The van der Waals surface area contributed by atoms with Crippen molar-refractivity contribution in [3.8, 4) is 0 Å². The third-order valence-corrected chi connectivity index (χ3v) is 1.67. The molecule has 0 aliphatic carbocycles. The quantitative estimate of drug-likeness (QED) is 0.398. The zero-order valence-electron chi connectivity index (χ0n) is 6.84. The number of nitrogens with two attached hydrogens (primary N) is 1. The SMILES string of the molecule is CN.O=S(=O)(O)CC(O)CCO.